The fourth-order valence-electron chi connectivity index (χ4n) is 11.0. The molecule has 510 valence electrons. The molecule has 0 bridgehead atoms. The van der Waals surface area contributed by atoms with E-state index < -0.39 is 144 Å². The molecule has 2 heterocycles. The number of hydrogen-bond donors (Lipinski definition) is 12. The van der Waals surface area contributed by atoms with E-state index in [0.717, 1.165) is 0 Å². The molecule has 2 saturated heterocycles. The summed E-state index contributed by atoms with van der Waals surface area (Å²) in [6, 6.07) is 6.63. The Bertz CT molecular complexity index is 2790. The Labute approximate surface area is 545 Å². The molecule has 2 fully saturated rings. The third-order valence-corrected chi connectivity index (χ3v) is 16.7. The molecule has 92 heavy (non-hydrogen) atoms. The number of rotatable bonds is 38. The van der Waals surface area contributed by atoms with Crippen molar-refractivity contribution in [1.29, 1.82) is 0 Å². The number of ether oxygens (including phenoxy) is 1. The molecule has 0 radical (unpaired) electrons. The second kappa shape index (κ2) is 39.5. The molecule has 2 aromatic rings. The monoisotopic (exact) mass is 1300 g/mol. The lowest BCUT2D eigenvalue weighted by atomic mass is 9.98. The molecular formula is C64H101N15O12S. The summed E-state index contributed by atoms with van der Waals surface area (Å²) < 4.78 is 4.89. The first-order valence-corrected chi connectivity index (χ1v) is 33.4. The highest BCUT2D eigenvalue weighted by Gasteiger charge is 2.43. The van der Waals surface area contributed by atoms with Crippen LogP contribution < -0.4 is 65.5 Å². The van der Waals surface area contributed by atoms with Gasteiger partial charge in [-0.15, -0.1) is 0 Å². The first-order chi connectivity index (χ1) is 43.8. The molecule has 10 atom stereocenters. The second-order valence-corrected chi connectivity index (χ2v) is 25.6. The molecule has 0 aromatic heterocycles. The largest absolute Gasteiger partial charge is 0.467 e. The average molecular weight is 1300 g/mol. The number of amides is 10. The van der Waals surface area contributed by atoms with Gasteiger partial charge in [-0.25, -0.2) is 4.79 Å². The summed E-state index contributed by atoms with van der Waals surface area (Å²) in [5, 5.41) is 22.1. The summed E-state index contributed by atoms with van der Waals surface area (Å²) in [5.74, 6) is -7.67. The van der Waals surface area contributed by atoms with Gasteiger partial charge in [-0.2, -0.15) is 11.8 Å². The van der Waals surface area contributed by atoms with Crippen LogP contribution in [0.5, 0.6) is 0 Å². The van der Waals surface area contributed by atoms with Gasteiger partial charge >= 0.3 is 5.97 Å². The molecule has 28 heteroatoms. The minimum Gasteiger partial charge on any atom is -0.467 e. The van der Waals surface area contributed by atoms with Crippen molar-refractivity contribution < 1.29 is 57.5 Å². The van der Waals surface area contributed by atoms with Gasteiger partial charge in [0.1, 0.15) is 54.4 Å². The van der Waals surface area contributed by atoms with Crippen molar-refractivity contribution in [2.24, 2.45) is 45.7 Å². The van der Waals surface area contributed by atoms with Crippen molar-refractivity contribution in [3.05, 3.63) is 71.8 Å². The molecule has 0 aliphatic carbocycles. The molecule has 0 saturated carbocycles. The number of carbonyl (C=O) groups is 11. The number of benzene rings is 2. The number of methoxy groups -OCH3 is 1. The van der Waals surface area contributed by atoms with E-state index in [1.807, 2.05) is 20.1 Å². The number of aliphatic imine (C=N–C) groups is 1. The van der Waals surface area contributed by atoms with E-state index in [0.29, 0.717) is 74.9 Å². The molecule has 2 aliphatic rings. The predicted octanol–water partition coefficient (Wildman–Crippen LogP) is -0.242. The van der Waals surface area contributed by atoms with Crippen LogP contribution in [-0.2, 0) is 70.3 Å². The molecule has 2 aromatic carbocycles. The van der Waals surface area contributed by atoms with Gasteiger partial charge in [-0.1, -0.05) is 102 Å². The van der Waals surface area contributed by atoms with Crippen molar-refractivity contribution in [2.45, 2.75) is 185 Å². The van der Waals surface area contributed by atoms with E-state index >= 15 is 0 Å². The SMILES string of the molecule is COC(=O)[C@@H](CCSC)NC(=O)[C@H](CC(C)C)NC(=O)CNC(=O)[C@H](Cc1ccccc1)NC(=O)[C@H](Cc1ccccc1)NC(=O)[C@@H](NC(=O)[C@H](NC(=O)[C@@H]1CCCN1C(=O)[C@H](CCCCN)NC(=O)[C@@H]1CCCN1C(=O)[C@@H](N)CCCN=C(N)N)C(C)C)C(C)C. The molecule has 10 amide bonds. The number of thioether (sulfide) groups is 1. The van der Waals surface area contributed by atoms with Crippen LogP contribution in [0.15, 0.2) is 65.7 Å². The van der Waals surface area contributed by atoms with E-state index in [9.17, 15) is 52.7 Å². The maximum absolute atomic E-state index is 14.7. The number of nitrogens with one attached hydrogen (secondary N) is 8. The maximum Gasteiger partial charge on any atom is 0.328 e. The molecule has 4 rings (SSSR count). The second-order valence-electron chi connectivity index (χ2n) is 24.6. The fourth-order valence-corrected chi connectivity index (χ4v) is 11.5. The van der Waals surface area contributed by atoms with Crippen LogP contribution in [0.2, 0.25) is 0 Å². The first-order valence-electron chi connectivity index (χ1n) is 32.0. The lowest BCUT2D eigenvalue weighted by molar-refractivity contribution is -0.145. The summed E-state index contributed by atoms with van der Waals surface area (Å²) in [7, 11) is 1.22. The third kappa shape index (κ3) is 25.0. The Balaban J connectivity index is 1.50. The van der Waals surface area contributed by atoms with Gasteiger partial charge in [0.2, 0.25) is 59.1 Å². The number of hydrogen-bond acceptors (Lipinski definition) is 16. The summed E-state index contributed by atoms with van der Waals surface area (Å²) in [6.45, 7) is 11.0. The highest BCUT2D eigenvalue weighted by molar-refractivity contribution is 7.98. The van der Waals surface area contributed by atoms with E-state index in [-0.39, 0.29) is 63.5 Å². The number of nitrogens with zero attached hydrogens (tertiary/aromatic N) is 3. The van der Waals surface area contributed by atoms with Crippen LogP contribution in [0.4, 0.5) is 0 Å². The lowest BCUT2D eigenvalue weighted by Gasteiger charge is -2.32. The van der Waals surface area contributed by atoms with Crippen LogP contribution in [0.1, 0.15) is 123 Å². The number of esters is 1. The van der Waals surface area contributed by atoms with Crippen molar-refractivity contribution in [2.75, 3.05) is 51.8 Å². The van der Waals surface area contributed by atoms with Gasteiger partial charge in [-0.3, -0.25) is 52.9 Å². The zero-order valence-corrected chi connectivity index (χ0v) is 55.5. The van der Waals surface area contributed by atoms with Gasteiger partial charge in [0.05, 0.1) is 19.7 Å². The molecular weight excluding hydrogens is 1200 g/mol. The number of carbonyl (C=O) groups excluding carboxylic acids is 11. The molecule has 0 spiro atoms. The van der Waals surface area contributed by atoms with Crippen LogP contribution in [0.3, 0.4) is 0 Å². The molecule has 27 nitrogen and oxygen atoms in total. The highest BCUT2D eigenvalue weighted by atomic mass is 32.2. The Morgan fingerprint density at radius 2 is 1.10 bits per heavy atom. The minimum absolute atomic E-state index is 0.0365. The van der Waals surface area contributed by atoms with Crippen LogP contribution in [-0.4, -0.2) is 193 Å². The molecule has 0 unspecified atom stereocenters. The summed E-state index contributed by atoms with van der Waals surface area (Å²) in [6.07, 6.45) is 5.84. The Kier molecular flexibility index (Phi) is 32.9. The van der Waals surface area contributed by atoms with E-state index in [1.54, 1.807) is 88.4 Å². The Morgan fingerprint density at radius 3 is 1.63 bits per heavy atom. The topological polar surface area (TPSA) is 416 Å². The number of guanidine groups is 1. The smallest absolute Gasteiger partial charge is 0.328 e. The van der Waals surface area contributed by atoms with E-state index in [1.165, 1.54) is 28.7 Å². The van der Waals surface area contributed by atoms with Crippen LogP contribution >= 0.6 is 11.8 Å². The standard InChI is InChI=1S/C64H101N15O12S/c1-38(2)34-46(55(82)73-45(28-33-92-8)63(90)91-7)71-51(80)37-70-54(81)47(35-41-20-11-9-12-21-41)74-56(83)48(36-42-22-13-10-14-23-42)75-59(86)52(39(3)4)77-60(87)53(40(5)6)76-58(85)50-27-19-32-79(50)62(89)44(25-15-16-29-65)72-57(84)49-26-18-31-78(49)61(88)43(66)24-17-30-69-64(67)68/h9-14,20-23,38-40,43-50,52-53H,15-19,24-37,65-66H2,1-8H3,(H,70,81)(H,71,80)(H,72,84)(H,73,82)(H,74,83)(H,75,86)(H,76,85)(H,77,87)(H4,67,68,69)/t43-,44-,45+,46-,47-,48-,49-,50-,52-,53+/m0/s1. The fraction of sp³-hybridized carbons (Fsp3) is 0.625. The number of unbranched alkanes of at least 4 members (excludes halogenated alkanes) is 1. The zero-order valence-electron chi connectivity index (χ0n) is 54.7. The van der Waals surface area contributed by atoms with Gasteiger partial charge in [0.25, 0.3) is 0 Å². The van der Waals surface area contributed by atoms with Crippen molar-refractivity contribution in [3.8, 4) is 0 Å². The lowest BCUT2D eigenvalue weighted by Crippen LogP contribution is -2.61. The zero-order chi connectivity index (χ0) is 68.0. The molecule has 2 aliphatic heterocycles. The maximum atomic E-state index is 14.7. The van der Waals surface area contributed by atoms with Gasteiger partial charge in [-0.05, 0) is 118 Å². The van der Waals surface area contributed by atoms with E-state index in [4.69, 9.17) is 27.7 Å². The minimum atomic E-state index is -1.33. The quantitative estimate of drug-likeness (QED) is 0.0179. The first kappa shape index (κ1) is 76.6. The number of nitrogens with two attached hydrogens (primary N) is 4. The normalized spacial score (nSPS) is 17.2. The van der Waals surface area contributed by atoms with Crippen molar-refractivity contribution in [3.63, 3.8) is 0 Å². The Hall–Kier alpha value is -7.85. The summed E-state index contributed by atoms with van der Waals surface area (Å²) in [5.41, 5.74) is 24.2. The van der Waals surface area contributed by atoms with Crippen LogP contribution in [0.25, 0.3) is 0 Å². The van der Waals surface area contributed by atoms with Crippen LogP contribution in [0, 0.1) is 17.8 Å². The summed E-state index contributed by atoms with van der Waals surface area (Å²) >= 11 is 1.49. The molecule has 16 N–H and O–H groups in total. The average Bonchev–Trinajstić information content (AvgIpc) is 1.67. The summed E-state index contributed by atoms with van der Waals surface area (Å²) in [4.78, 5) is 161. The van der Waals surface area contributed by atoms with Gasteiger partial charge in [0.15, 0.2) is 5.96 Å². The van der Waals surface area contributed by atoms with Gasteiger partial charge < -0.3 is 80.0 Å². The third-order valence-electron chi connectivity index (χ3n) is 16.0. The Morgan fingerprint density at radius 1 is 0.587 bits per heavy atom. The highest BCUT2D eigenvalue weighted by Crippen LogP contribution is 2.24. The van der Waals surface area contributed by atoms with Crippen molar-refractivity contribution >= 4 is 82.8 Å². The van der Waals surface area contributed by atoms with E-state index in [2.05, 4.69) is 47.5 Å². The van der Waals surface area contributed by atoms with Crippen molar-refractivity contribution in [1.82, 2.24) is 52.3 Å². The predicted molar refractivity (Wildman–Crippen MR) is 351 cm³/mol. The van der Waals surface area contributed by atoms with Gasteiger partial charge in [0, 0.05) is 32.5 Å². The number of likely N-dealkylation sites (tertiary alicyclic amines) is 2.